The number of ether oxygens (including phenoxy) is 2. The molecule has 0 atom stereocenters. The van der Waals surface area contributed by atoms with Crippen LogP contribution >= 0.6 is 0 Å². The van der Waals surface area contributed by atoms with Gasteiger partial charge in [-0.2, -0.15) is 0 Å². The lowest BCUT2D eigenvalue weighted by atomic mass is 10.1. The lowest BCUT2D eigenvalue weighted by Crippen LogP contribution is -2.33. The Morgan fingerprint density at radius 1 is 0.773 bits per heavy atom. The third-order valence-electron chi connectivity index (χ3n) is 3.37. The molecule has 0 N–H and O–H groups in total. The van der Waals surface area contributed by atoms with Crippen molar-refractivity contribution in [3.63, 3.8) is 0 Å². The van der Waals surface area contributed by atoms with Crippen molar-refractivity contribution in [2.24, 2.45) is 0 Å². The van der Waals surface area contributed by atoms with Gasteiger partial charge in [0.15, 0.2) is 0 Å². The summed E-state index contributed by atoms with van der Waals surface area (Å²) < 4.78 is 10.1. The molecule has 130 valence electrons. The predicted octanol–water partition coefficient (Wildman–Crippen LogP) is 4.15. The third kappa shape index (κ3) is 12.5. The second-order valence-electron chi connectivity index (χ2n) is 5.67. The molecule has 0 heterocycles. The number of unbranched alkanes of at least 4 members (excludes halogenated alkanes) is 7. The van der Waals surface area contributed by atoms with Crippen molar-refractivity contribution in [3.8, 4) is 0 Å². The third-order valence-corrected chi connectivity index (χ3v) is 3.37. The molecule has 0 aliphatic heterocycles. The molecule has 1 amide bonds. The zero-order valence-corrected chi connectivity index (χ0v) is 14.6. The lowest BCUT2D eigenvalue weighted by Gasteiger charge is -2.15. The monoisotopic (exact) mass is 315 g/mol. The molecule has 0 aliphatic rings. The number of hydrogen-bond donors (Lipinski definition) is 0. The Hall–Kier alpha value is -1.26. The fraction of sp³-hybridized carbons (Fsp3) is 0.882. The zero-order valence-electron chi connectivity index (χ0n) is 14.6. The van der Waals surface area contributed by atoms with E-state index in [1.54, 1.807) is 0 Å². The summed E-state index contributed by atoms with van der Waals surface area (Å²) in [6, 6.07) is 0. The van der Waals surface area contributed by atoms with E-state index in [0.29, 0.717) is 13.2 Å². The molecule has 0 radical (unpaired) electrons. The molecule has 0 bridgehead atoms. The minimum Gasteiger partial charge on any atom is -0.464 e. The minimum absolute atomic E-state index is 0.0560. The number of amides is 1. The van der Waals surface area contributed by atoms with Crippen molar-refractivity contribution in [1.82, 2.24) is 4.90 Å². The quantitative estimate of drug-likeness (QED) is 0.378. The first-order valence-corrected chi connectivity index (χ1v) is 8.65. The second kappa shape index (κ2) is 14.7. The van der Waals surface area contributed by atoms with Crippen LogP contribution in [0.25, 0.3) is 0 Å². The van der Waals surface area contributed by atoms with Gasteiger partial charge < -0.3 is 14.4 Å². The van der Waals surface area contributed by atoms with Crippen LogP contribution in [-0.2, 0) is 14.3 Å². The molecule has 0 aromatic rings. The maximum absolute atomic E-state index is 11.6. The van der Waals surface area contributed by atoms with E-state index in [0.717, 1.165) is 19.3 Å². The number of carbonyl (C=O) groups excluding carboxylic acids is 2. The topological polar surface area (TPSA) is 55.8 Å². The number of hydrogen-bond acceptors (Lipinski definition) is 4. The van der Waals surface area contributed by atoms with E-state index in [2.05, 4.69) is 6.92 Å². The highest BCUT2D eigenvalue weighted by molar-refractivity contribution is 5.77. The van der Waals surface area contributed by atoms with Crippen LogP contribution in [0.5, 0.6) is 0 Å². The summed E-state index contributed by atoms with van der Waals surface area (Å²) in [7, 11) is 1.54. The molecule has 0 spiro atoms. The van der Waals surface area contributed by atoms with Gasteiger partial charge in [0.1, 0.15) is 6.54 Å². The summed E-state index contributed by atoms with van der Waals surface area (Å²) in [5.41, 5.74) is 0. The highest BCUT2D eigenvalue weighted by Crippen LogP contribution is 2.08. The van der Waals surface area contributed by atoms with Gasteiger partial charge in [-0.05, 0) is 12.8 Å². The maximum atomic E-state index is 11.6. The normalized spacial score (nSPS) is 10.3. The van der Waals surface area contributed by atoms with Crippen LogP contribution in [-0.4, -0.2) is 43.8 Å². The van der Waals surface area contributed by atoms with Gasteiger partial charge in [-0.1, -0.05) is 58.8 Å². The molecule has 0 aliphatic carbocycles. The fourth-order valence-electron chi connectivity index (χ4n) is 2.03. The van der Waals surface area contributed by atoms with Crippen LogP contribution in [0.15, 0.2) is 0 Å². The summed E-state index contributed by atoms with van der Waals surface area (Å²) >= 11 is 0. The standard InChI is InChI=1S/C17H33NO4/c1-4-6-7-8-9-10-11-12-14-21-16(19)15-18(3)17(20)22-13-5-2/h4-15H2,1-3H3. The second-order valence-corrected chi connectivity index (χ2v) is 5.67. The number of rotatable bonds is 13. The van der Waals surface area contributed by atoms with Crippen molar-refractivity contribution >= 4 is 12.1 Å². The van der Waals surface area contributed by atoms with Gasteiger partial charge in [-0.15, -0.1) is 0 Å². The Labute approximate surface area is 135 Å². The molecule has 0 fully saturated rings. The Morgan fingerprint density at radius 3 is 1.95 bits per heavy atom. The number of carbonyl (C=O) groups is 2. The van der Waals surface area contributed by atoms with E-state index in [1.807, 2.05) is 6.92 Å². The Kier molecular flexibility index (Phi) is 13.8. The van der Waals surface area contributed by atoms with E-state index in [1.165, 1.54) is 50.5 Å². The van der Waals surface area contributed by atoms with Gasteiger partial charge in [0, 0.05) is 7.05 Å². The van der Waals surface area contributed by atoms with Crippen LogP contribution in [0, 0.1) is 0 Å². The van der Waals surface area contributed by atoms with Gasteiger partial charge in [0.25, 0.3) is 0 Å². The van der Waals surface area contributed by atoms with Gasteiger partial charge in [-0.25, -0.2) is 4.79 Å². The lowest BCUT2D eigenvalue weighted by molar-refractivity contribution is -0.144. The molecule has 0 unspecified atom stereocenters. The number of likely N-dealkylation sites (N-methyl/N-ethyl adjacent to an activating group) is 1. The summed E-state index contributed by atoms with van der Waals surface area (Å²) in [5.74, 6) is -0.376. The predicted molar refractivity (Wildman–Crippen MR) is 87.8 cm³/mol. The smallest absolute Gasteiger partial charge is 0.410 e. The van der Waals surface area contributed by atoms with Gasteiger partial charge >= 0.3 is 12.1 Å². The summed E-state index contributed by atoms with van der Waals surface area (Å²) in [6.07, 6.45) is 9.96. The SMILES string of the molecule is CCCCCCCCCCOC(=O)CN(C)C(=O)OCCC. The van der Waals surface area contributed by atoms with E-state index < -0.39 is 6.09 Å². The maximum Gasteiger partial charge on any atom is 0.410 e. The Bertz CT molecular complexity index is 294. The van der Waals surface area contributed by atoms with E-state index in [4.69, 9.17) is 9.47 Å². The van der Waals surface area contributed by atoms with Crippen molar-refractivity contribution < 1.29 is 19.1 Å². The van der Waals surface area contributed by atoms with E-state index in [9.17, 15) is 9.59 Å². The van der Waals surface area contributed by atoms with E-state index >= 15 is 0 Å². The summed E-state index contributed by atoms with van der Waals surface area (Å²) in [4.78, 5) is 24.3. The highest BCUT2D eigenvalue weighted by atomic mass is 16.6. The molecular formula is C17H33NO4. The first-order chi connectivity index (χ1) is 10.6. The molecule has 5 heteroatoms. The molecule has 0 aromatic heterocycles. The van der Waals surface area contributed by atoms with Crippen LogP contribution < -0.4 is 0 Å². The van der Waals surface area contributed by atoms with Crippen molar-refractivity contribution in [2.75, 3.05) is 26.8 Å². The van der Waals surface area contributed by atoms with Gasteiger partial charge in [-0.3, -0.25) is 4.79 Å². The molecule has 5 nitrogen and oxygen atoms in total. The first-order valence-electron chi connectivity index (χ1n) is 8.65. The van der Waals surface area contributed by atoms with Crippen molar-refractivity contribution in [2.45, 2.75) is 71.6 Å². The van der Waals surface area contributed by atoms with Gasteiger partial charge in [0.05, 0.1) is 13.2 Å². The molecule has 0 rings (SSSR count). The number of nitrogens with zero attached hydrogens (tertiary/aromatic N) is 1. The molecule has 0 saturated heterocycles. The van der Waals surface area contributed by atoms with Crippen LogP contribution in [0.4, 0.5) is 4.79 Å². The van der Waals surface area contributed by atoms with Gasteiger partial charge in [0.2, 0.25) is 0 Å². The minimum atomic E-state index is -0.481. The van der Waals surface area contributed by atoms with Crippen LogP contribution in [0.3, 0.4) is 0 Å². The molecule has 0 saturated carbocycles. The molecular weight excluding hydrogens is 282 g/mol. The zero-order chi connectivity index (χ0) is 16.6. The fourth-order valence-corrected chi connectivity index (χ4v) is 2.03. The number of esters is 1. The first kappa shape index (κ1) is 20.7. The molecule has 0 aromatic carbocycles. The van der Waals surface area contributed by atoms with Crippen LogP contribution in [0.2, 0.25) is 0 Å². The summed E-state index contributed by atoms with van der Waals surface area (Å²) in [5, 5.41) is 0. The highest BCUT2D eigenvalue weighted by Gasteiger charge is 2.14. The van der Waals surface area contributed by atoms with Crippen LogP contribution in [0.1, 0.15) is 71.6 Å². The van der Waals surface area contributed by atoms with Crippen molar-refractivity contribution in [3.05, 3.63) is 0 Å². The largest absolute Gasteiger partial charge is 0.464 e. The molecule has 22 heavy (non-hydrogen) atoms. The Morgan fingerprint density at radius 2 is 1.36 bits per heavy atom. The van der Waals surface area contributed by atoms with E-state index in [-0.39, 0.29) is 12.5 Å². The van der Waals surface area contributed by atoms with Crippen molar-refractivity contribution in [1.29, 1.82) is 0 Å². The average Bonchev–Trinajstić information content (AvgIpc) is 2.50. The average molecular weight is 315 g/mol. The summed E-state index contributed by atoms with van der Waals surface area (Å²) in [6.45, 7) is 4.89. The Balaban J connectivity index is 3.47.